The van der Waals surface area contributed by atoms with Gasteiger partial charge in [-0.15, -0.1) is 0 Å². The van der Waals surface area contributed by atoms with Crippen LogP contribution in [0.3, 0.4) is 0 Å². The minimum atomic E-state index is -0.496. The number of rotatable bonds is 3. The van der Waals surface area contributed by atoms with Crippen LogP contribution >= 0.6 is 0 Å². The zero-order chi connectivity index (χ0) is 13.2. The van der Waals surface area contributed by atoms with Crippen LogP contribution in [0.5, 0.6) is 0 Å². The molecular weight excluding hydrogens is 242 g/mol. The number of nitrogens with one attached hydrogen (secondary N) is 2. The molecular formula is C14H15N3O2. The van der Waals surface area contributed by atoms with Crippen molar-refractivity contribution in [2.24, 2.45) is 0 Å². The van der Waals surface area contributed by atoms with Crippen LogP contribution < -0.4 is 10.2 Å². The van der Waals surface area contributed by atoms with Crippen molar-refractivity contribution in [1.29, 1.82) is 0 Å². The maximum Gasteiger partial charge on any atom is 0.243 e. The highest BCUT2D eigenvalue weighted by atomic mass is 16.2. The van der Waals surface area contributed by atoms with E-state index in [1.165, 1.54) is 0 Å². The number of aromatic amines is 1. The number of ketones is 1. The Morgan fingerprint density at radius 1 is 1.21 bits per heavy atom. The second-order valence-corrected chi connectivity index (χ2v) is 4.61. The Morgan fingerprint density at radius 3 is 2.68 bits per heavy atom. The molecule has 1 aliphatic heterocycles. The minimum Gasteiger partial charge on any atom is -0.367 e. The van der Waals surface area contributed by atoms with E-state index >= 15 is 0 Å². The van der Waals surface area contributed by atoms with E-state index in [9.17, 15) is 9.59 Å². The number of piperazine rings is 1. The zero-order valence-electron chi connectivity index (χ0n) is 10.5. The number of Topliss-reactive ketones (excluding diaryl/α,β-unsaturated/α-hetero) is 1. The van der Waals surface area contributed by atoms with Gasteiger partial charge >= 0.3 is 0 Å². The number of anilines is 1. The number of nitrogens with zero attached hydrogens (tertiary/aromatic N) is 1. The molecule has 19 heavy (non-hydrogen) atoms. The lowest BCUT2D eigenvalue weighted by Crippen LogP contribution is -2.44. The first-order valence-electron chi connectivity index (χ1n) is 6.37. The molecule has 1 aromatic heterocycles. The fraction of sp³-hybridized carbons (Fsp3) is 0.286. The summed E-state index contributed by atoms with van der Waals surface area (Å²) in [6.07, 6.45) is 0.371. The van der Waals surface area contributed by atoms with Crippen molar-refractivity contribution < 1.29 is 9.59 Å². The van der Waals surface area contributed by atoms with Crippen LogP contribution in [-0.4, -0.2) is 43.2 Å². The summed E-state index contributed by atoms with van der Waals surface area (Å²) in [5, 5.41) is 4.28. The van der Waals surface area contributed by atoms with Crippen LogP contribution in [0.25, 0.3) is 10.9 Å². The van der Waals surface area contributed by atoms with Crippen molar-refractivity contribution >= 4 is 28.7 Å². The summed E-state index contributed by atoms with van der Waals surface area (Å²) in [7, 11) is 0. The molecule has 5 heteroatoms. The SMILES string of the molecule is O=CC(=O)c1[nH]c2ccccc2c1N1CCNCC1. The second-order valence-electron chi connectivity index (χ2n) is 4.61. The molecule has 98 valence electrons. The Bertz CT molecular complexity index is 627. The van der Waals surface area contributed by atoms with E-state index in [0.717, 1.165) is 42.8 Å². The van der Waals surface area contributed by atoms with Gasteiger partial charge in [0.05, 0.1) is 5.69 Å². The van der Waals surface area contributed by atoms with Crippen molar-refractivity contribution in [3.8, 4) is 0 Å². The standard InChI is InChI=1S/C14H15N3O2/c18-9-12(19)13-14(17-7-5-15-6-8-17)10-3-1-2-4-11(10)16-13/h1-4,9,15-16H,5-8H2. The van der Waals surface area contributed by atoms with Crippen LogP contribution in [0.2, 0.25) is 0 Å². The minimum absolute atomic E-state index is 0.371. The van der Waals surface area contributed by atoms with Gasteiger partial charge in [-0.25, -0.2) is 0 Å². The largest absolute Gasteiger partial charge is 0.367 e. The predicted molar refractivity (Wildman–Crippen MR) is 73.8 cm³/mol. The summed E-state index contributed by atoms with van der Waals surface area (Å²) in [5.41, 5.74) is 2.15. The van der Waals surface area contributed by atoms with Gasteiger partial charge in [-0.2, -0.15) is 0 Å². The molecule has 0 spiro atoms. The summed E-state index contributed by atoms with van der Waals surface area (Å²) >= 11 is 0. The number of para-hydroxylation sites is 1. The summed E-state index contributed by atoms with van der Waals surface area (Å²) < 4.78 is 0. The summed E-state index contributed by atoms with van der Waals surface area (Å²) in [6.45, 7) is 3.43. The summed E-state index contributed by atoms with van der Waals surface area (Å²) in [5.74, 6) is -0.496. The molecule has 1 fully saturated rings. The van der Waals surface area contributed by atoms with Crippen molar-refractivity contribution in [2.75, 3.05) is 31.1 Å². The molecule has 1 saturated heterocycles. The van der Waals surface area contributed by atoms with E-state index in [1.807, 2.05) is 24.3 Å². The van der Waals surface area contributed by atoms with Gasteiger partial charge in [0.1, 0.15) is 5.69 Å². The Labute approximate surface area is 110 Å². The third-order valence-corrected chi connectivity index (χ3v) is 3.47. The van der Waals surface area contributed by atoms with Crippen LogP contribution in [-0.2, 0) is 4.79 Å². The molecule has 0 saturated carbocycles. The Hall–Kier alpha value is -2.14. The highest BCUT2D eigenvalue weighted by Crippen LogP contribution is 2.31. The monoisotopic (exact) mass is 257 g/mol. The molecule has 0 unspecified atom stereocenters. The first-order valence-corrected chi connectivity index (χ1v) is 6.37. The number of carbonyl (C=O) groups is 2. The first-order chi connectivity index (χ1) is 9.31. The number of hydrogen-bond acceptors (Lipinski definition) is 4. The van der Waals surface area contributed by atoms with Crippen LogP contribution in [0.4, 0.5) is 5.69 Å². The Kier molecular flexibility index (Phi) is 3.05. The van der Waals surface area contributed by atoms with E-state index in [1.54, 1.807) is 0 Å². The number of hydrogen-bond donors (Lipinski definition) is 2. The van der Waals surface area contributed by atoms with Gasteiger partial charge in [-0.1, -0.05) is 18.2 Å². The summed E-state index contributed by atoms with van der Waals surface area (Å²) in [6, 6.07) is 7.75. The summed E-state index contributed by atoms with van der Waals surface area (Å²) in [4.78, 5) is 27.8. The first kappa shape index (κ1) is 11.9. The Balaban J connectivity index is 2.17. The van der Waals surface area contributed by atoms with Gasteiger partial charge in [0.15, 0.2) is 6.29 Å². The van der Waals surface area contributed by atoms with E-state index in [-0.39, 0.29) is 0 Å². The molecule has 0 aliphatic carbocycles. The fourth-order valence-corrected chi connectivity index (χ4v) is 2.58. The molecule has 1 aliphatic rings. The lowest BCUT2D eigenvalue weighted by molar-refractivity contribution is -0.104. The average Bonchev–Trinajstić information content (AvgIpc) is 2.86. The normalized spacial score (nSPS) is 15.7. The highest BCUT2D eigenvalue weighted by molar-refractivity contribution is 6.35. The molecule has 1 aromatic carbocycles. The van der Waals surface area contributed by atoms with E-state index in [0.29, 0.717) is 12.0 Å². The van der Waals surface area contributed by atoms with E-state index < -0.39 is 5.78 Å². The predicted octanol–water partition coefficient (Wildman–Crippen LogP) is 0.959. The smallest absolute Gasteiger partial charge is 0.243 e. The molecule has 0 amide bonds. The number of benzene rings is 1. The van der Waals surface area contributed by atoms with E-state index in [2.05, 4.69) is 15.2 Å². The molecule has 0 atom stereocenters. The topological polar surface area (TPSA) is 65.2 Å². The molecule has 0 radical (unpaired) electrons. The van der Waals surface area contributed by atoms with Gasteiger partial charge < -0.3 is 15.2 Å². The van der Waals surface area contributed by atoms with Crippen molar-refractivity contribution in [2.45, 2.75) is 0 Å². The highest BCUT2D eigenvalue weighted by Gasteiger charge is 2.22. The molecule has 2 heterocycles. The third kappa shape index (κ3) is 2.02. The number of fused-ring (bicyclic) bond motifs is 1. The van der Waals surface area contributed by atoms with Crippen LogP contribution in [0, 0.1) is 0 Å². The van der Waals surface area contributed by atoms with Gasteiger partial charge in [0.2, 0.25) is 5.78 Å². The third-order valence-electron chi connectivity index (χ3n) is 3.47. The van der Waals surface area contributed by atoms with Gasteiger partial charge in [0.25, 0.3) is 0 Å². The van der Waals surface area contributed by atoms with Crippen LogP contribution in [0.1, 0.15) is 10.5 Å². The van der Waals surface area contributed by atoms with Crippen LogP contribution in [0.15, 0.2) is 24.3 Å². The number of carbonyl (C=O) groups excluding carboxylic acids is 2. The molecule has 5 nitrogen and oxygen atoms in total. The fourth-order valence-electron chi connectivity index (χ4n) is 2.58. The Morgan fingerprint density at radius 2 is 1.95 bits per heavy atom. The number of aldehydes is 1. The van der Waals surface area contributed by atoms with E-state index in [4.69, 9.17) is 0 Å². The number of H-pyrrole nitrogens is 1. The molecule has 0 bridgehead atoms. The maximum atomic E-state index is 11.8. The van der Waals surface area contributed by atoms with Crippen molar-refractivity contribution in [1.82, 2.24) is 10.3 Å². The van der Waals surface area contributed by atoms with Crippen molar-refractivity contribution in [3.05, 3.63) is 30.0 Å². The van der Waals surface area contributed by atoms with Gasteiger partial charge in [-0.05, 0) is 6.07 Å². The molecule has 2 aromatic rings. The molecule has 3 rings (SSSR count). The number of aromatic nitrogens is 1. The average molecular weight is 257 g/mol. The zero-order valence-corrected chi connectivity index (χ0v) is 10.5. The maximum absolute atomic E-state index is 11.8. The second kappa shape index (κ2) is 4.85. The van der Waals surface area contributed by atoms with Gasteiger partial charge in [0, 0.05) is 37.1 Å². The quantitative estimate of drug-likeness (QED) is 0.488. The molecule has 2 N–H and O–H groups in total. The lowest BCUT2D eigenvalue weighted by atomic mass is 10.1. The lowest BCUT2D eigenvalue weighted by Gasteiger charge is -2.29. The van der Waals surface area contributed by atoms with Crippen molar-refractivity contribution in [3.63, 3.8) is 0 Å². The van der Waals surface area contributed by atoms with Gasteiger partial charge in [-0.3, -0.25) is 9.59 Å².